The van der Waals surface area contributed by atoms with Crippen molar-refractivity contribution in [3.05, 3.63) is 47.2 Å². The summed E-state index contributed by atoms with van der Waals surface area (Å²) in [6.07, 6.45) is 0. The summed E-state index contributed by atoms with van der Waals surface area (Å²) in [5.74, 6) is 0.904. The normalized spacial score (nSPS) is 10.9. The van der Waals surface area contributed by atoms with Crippen molar-refractivity contribution < 1.29 is 18.2 Å². The molecule has 148 valence electrons. The zero-order chi connectivity index (χ0) is 19.9. The van der Waals surface area contributed by atoms with E-state index >= 15 is 0 Å². The minimum Gasteiger partial charge on any atom is -0.474 e. The number of nitrogens with two attached hydrogens (primary N) is 2. The largest absolute Gasteiger partial charge is 0.474 e. The van der Waals surface area contributed by atoms with E-state index in [2.05, 4.69) is 10.3 Å². The van der Waals surface area contributed by atoms with Crippen LogP contribution in [0.15, 0.2) is 50.5 Å². The summed E-state index contributed by atoms with van der Waals surface area (Å²) in [5, 5.41) is 10.4. The fourth-order valence-electron chi connectivity index (χ4n) is 2.30. The first-order valence-electron chi connectivity index (χ1n) is 8.38. The number of hydrogen-bond acceptors (Lipinski definition) is 8. The third-order valence-corrected chi connectivity index (χ3v) is 4.75. The van der Waals surface area contributed by atoms with Crippen LogP contribution < -0.4 is 16.2 Å². The minimum atomic E-state index is -0.282. The van der Waals surface area contributed by atoms with Gasteiger partial charge in [0.05, 0.1) is 10.8 Å². The number of fused-ring (bicyclic) bond motifs is 2. The predicted octanol–water partition coefficient (Wildman–Crippen LogP) is 3.84. The first kappa shape index (κ1) is 20.4. The highest BCUT2D eigenvalue weighted by molar-refractivity contribution is 7.99. The molecule has 7 nitrogen and oxygen atoms in total. The van der Waals surface area contributed by atoms with E-state index in [4.69, 9.17) is 36.9 Å². The van der Waals surface area contributed by atoms with Crippen molar-refractivity contribution >= 4 is 45.3 Å². The minimum absolute atomic E-state index is 0.282. The molecule has 2 heterocycles. The van der Waals surface area contributed by atoms with Gasteiger partial charge in [-0.3, -0.25) is 0 Å². The molecule has 4 N–H and O–H groups in total. The molecule has 0 spiro atoms. The topological polar surface area (TPSA) is 113 Å². The van der Waals surface area contributed by atoms with E-state index in [0.29, 0.717) is 52.2 Å². The zero-order valence-corrected chi connectivity index (χ0v) is 16.3. The summed E-state index contributed by atoms with van der Waals surface area (Å²) in [5.41, 5.74) is 11.9. The van der Waals surface area contributed by atoms with Crippen LogP contribution in [0, 0.1) is 5.82 Å². The second-order valence-electron chi connectivity index (χ2n) is 5.53. The lowest BCUT2D eigenvalue weighted by Gasteiger charge is -1.98. The van der Waals surface area contributed by atoms with E-state index in [9.17, 15) is 4.39 Å². The Kier molecular flexibility index (Phi) is 7.10. The molecule has 2 aromatic heterocycles. The highest BCUT2D eigenvalue weighted by Crippen LogP contribution is 2.28. The molecule has 0 radical (unpaired) electrons. The van der Waals surface area contributed by atoms with Crippen molar-refractivity contribution in [3.8, 4) is 5.88 Å². The van der Waals surface area contributed by atoms with Gasteiger partial charge in [0.1, 0.15) is 17.5 Å². The standard InChI is InChI=1S/C9H9ClN2O2.C9H9FN2OS/c10-6-1-2-8-7(5-6)9(12-14-8)13-4-3-11;10-6-1-2-8-7(5-6)9(12-13-8)14-4-3-11/h2*1-2,5H,3-4,11H2. The summed E-state index contributed by atoms with van der Waals surface area (Å²) >= 11 is 7.30. The molecule has 2 aromatic carbocycles. The Morgan fingerprint density at radius 3 is 2.54 bits per heavy atom. The van der Waals surface area contributed by atoms with Gasteiger partial charge in [0, 0.05) is 23.9 Å². The van der Waals surface area contributed by atoms with Crippen LogP contribution in [0.2, 0.25) is 5.02 Å². The third kappa shape index (κ3) is 4.93. The lowest BCUT2D eigenvalue weighted by atomic mass is 10.2. The third-order valence-electron chi connectivity index (χ3n) is 3.51. The SMILES string of the molecule is NCCOc1noc2ccc(Cl)cc12.NCCSc1noc2ccc(F)cc12. The van der Waals surface area contributed by atoms with Gasteiger partial charge in [0.25, 0.3) is 5.88 Å². The molecule has 0 unspecified atom stereocenters. The van der Waals surface area contributed by atoms with Gasteiger partial charge in [-0.25, -0.2) is 4.39 Å². The van der Waals surface area contributed by atoms with Crippen LogP contribution in [0.25, 0.3) is 21.9 Å². The van der Waals surface area contributed by atoms with Crippen LogP contribution >= 0.6 is 23.4 Å². The highest BCUT2D eigenvalue weighted by Gasteiger charge is 2.09. The molecule has 0 aliphatic heterocycles. The number of ether oxygens (including phenoxy) is 1. The fourth-order valence-corrected chi connectivity index (χ4v) is 3.19. The van der Waals surface area contributed by atoms with Crippen molar-refractivity contribution in [1.82, 2.24) is 10.3 Å². The quantitative estimate of drug-likeness (QED) is 0.449. The smallest absolute Gasteiger partial charge is 0.262 e. The lowest BCUT2D eigenvalue weighted by molar-refractivity contribution is 0.293. The van der Waals surface area contributed by atoms with Gasteiger partial charge < -0.3 is 25.3 Å². The molecule has 28 heavy (non-hydrogen) atoms. The Morgan fingerprint density at radius 2 is 1.75 bits per heavy atom. The number of nitrogens with zero attached hydrogens (tertiary/aromatic N) is 2. The number of halogens is 2. The van der Waals surface area contributed by atoms with Gasteiger partial charge >= 0.3 is 0 Å². The van der Waals surface area contributed by atoms with Crippen LogP contribution in [0.4, 0.5) is 4.39 Å². The van der Waals surface area contributed by atoms with Crippen molar-refractivity contribution in [2.45, 2.75) is 5.03 Å². The molecule has 0 amide bonds. The summed E-state index contributed by atoms with van der Waals surface area (Å²) in [4.78, 5) is 0. The van der Waals surface area contributed by atoms with Gasteiger partial charge in [0.2, 0.25) is 0 Å². The average Bonchev–Trinajstić information content (AvgIpc) is 3.28. The molecule has 0 fully saturated rings. The molecule has 10 heteroatoms. The van der Waals surface area contributed by atoms with E-state index in [1.165, 1.54) is 23.9 Å². The maximum atomic E-state index is 12.9. The van der Waals surface area contributed by atoms with E-state index < -0.39 is 0 Å². The fraction of sp³-hybridized carbons (Fsp3) is 0.222. The Labute approximate surface area is 169 Å². The maximum Gasteiger partial charge on any atom is 0.262 e. The molecule has 4 rings (SSSR count). The molecule has 0 aliphatic rings. The monoisotopic (exact) mass is 424 g/mol. The molecule has 0 aliphatic carbocycles. The summed E-state index contributed by atoms with van der Waals surface area (Å²) in [6.45, 7) is 1.41. The van der Waals surface area contributed by atoms with Gasteiger partial charge in [-0.1, -0.05) is 16.8 Å². The molecule has 0 atom stereocenters. The van der Waals surface area contributed by atoms with Crippen molar-refractivity contribution in [1.29, 1.82) is 0 Å². The van der Waals surface area contributed by atoms with Gasteiger partial charge in [-0.2, -0.15) is 0 Å². The maximum absolute atomic E-state index is 12.9. The Bertz CT molecular complexity index is 972. The van der Waals surface area contributed by atoms with Crippen molar-refractivity contribution in [2.75, 3.05) is 25.4 Å². The number of benzene rings is 2. The summed E-state index contributed by atoms with van der Waals surface area (Å²) < 4.78 is 28.2. The predicted molar refractivity (Wildman–Crippen MR) is 107 cm³/mol. The van der Waals surface area contributed by atoms with Crippen LogP contribution in [0.3, 0.4) is 0 Å². The number of aromatic nitrogens is 2. The van der Waals surface area contributed by atoms with Crippen LogP contribution in [-0.4, -0.2) is 35.8 Å². The Hall–Kier alpha value is -2.33. The zero-order valence-electron chi connectivity index (χ0n) is 14.7. The number of thioether (sulfide) groups is 1. The van der Waals surface area contributed by atoms with Gasteiger partial charge in [0.15, 0.2) is 11.2 Å². The number of hydrogen-bond donors (Lipinski definition) is 2. The highest BCUT2D eigenvalue weighted by atomic mass is 35.5. The van der Waals surface area contributed by atoms with Crippen LogP contribution in [0.1, 0.15) is 0 Å². The average molecular weight is 425 g/mol. The second-order valence-corrected chi connectivity index (χ2v) is 7.05. The van der Waals surface area contributed by atoms with Crippen LogP contribution in [0.5, 0.6) is 5.88 Å². The lowest BCUT2D eigenvalue weighted by Crippen LogP contribution is -2.10. The Balaban J connectivity index is 0.000000161. The molecule has 0 bridgehead atoms. The molecular formula is C18H18ClFN4O3S. The van der Waals surface area contributed by atoms with E-state index in [0.717, 1.165) is 11.1 Å². The van der Waals surface area contributed by atoms with Gasteiger partial charge in [-0.15, -0.1) is 11.8 Å². The van der Waals surface area contributed by atoms with Crippen LogP contribution in [-0.2, 0) is 0 Å². The van der Waals surface area contributed by atoms with E-state index in [1.807, 2.05) is 0 Å². The first-order valence-corrected chi connectivity index (χ1v) is 9.74. The molecule has 0 saturated heterocycles. The van der Waals surface area contributed by atoms with E-state index in [1.54, 1.807) is 24.3 Å². The summed E-state index contributed by atoms with van der Waals surface area (Å²) in [7, 11) is 0. The van der Waals surface area contributed by atoms with Crippen molar-refractivity contribution in [2.24, 2.45) is 11.5 Å². The number of rotatable bonds is 6. The summed E-state index contributed by atoms with van der Waals surface area (Å²) in [6, 6.07) is 9.58. The Morgan fingerprint density at radius 1 is 1.00 bits per heavy atom. The van der Waals surface area contributed by atoms with Gasteiger partial charge in [-0.05, 0) is 41.6 Å². The molecule has 0 saturated carbocycles. The molecule has 4 aromatic rings. The van der Waals surface area contributed by atoms with E-state index in [-0.39, 0.29) is 5.82 Å². The van der Waals surface area contributed by atoms with Crippen molar-refractivity contribution in [3.63, 3.8) is 0 Å². The molecular weight excluding hydrogens is 407 g/mol. The second kappa shape index (κ2) is 9.74. The first-order chi connectivity index (χ1) is 13.6.